The van der Waals surface area contributed by atoms with Crippen molar-refractivity contribution in [2.45, 2.75) is 59.3 Å². The van der Waals surface area contributed by atoms with Crippen LogP contribution in [0.3, 0.4) is 0 Å². The fraction of sp³-hybridized carbons (Fsp3) is 0.917. The topological polar surface area (TPSA) is 38.8 Å². The van der Waals surface area contributed by atoms with Crippen LogP contribution in [0.5, 0.6) is 0 Å². The lowest BCUT2D eigenvalue weighted by Crippen LogP contribution is -2.44. The van der Waals surface area contributed by atoms with E-state index >= 15 is 0 Å². The average Bonchev–Trinajstić information content (AvgIpc) is 2.15. The van der Waals surface area contributed by atoms with Crippen molar-refractivity contribution < 1.29 is 14.3 Å². The minimum absolute atomic E-state index is 0.199. The highest BCUT2D eigenvalue weighted by Crippen LogP contribution is 2.14. The van der Waals surface area contributed by atoms with Crippen molar-refractivity contribution in [2.24, 2.45) is 0 Å². The molecule has 0 aromatic heterocycles. The molecule has 0 aromatic carbocycles. The second-order valence-corrected chi connectivity index (χ2v) is 4.77. The third-order valence-corrected chi connectivity index (χ3v) is 2.06. The Kier molecular flexibility index (Phi) is 6.41. The molecule has 0 aliphatic rings. The summed E-state index contributed by atoms with van der Waals surface area (Å²) >= 11 is 0. The Hall–Kier alpha value is -0.770. The summed E-state index contributed by atoms with van der Waals surface area (Å²) in [5.74, 6) is 0. The van der Waals surface area contributed by atoms with Crippen LogP contribution in [0, 0.1) is 0 Å². The summed E-state index contributed by atoms with van der Waals surface area (Å²) in [4.78, 5) is 13.6. The predicted molar refractivity (Wildman–Crippen MR) is 64.3 cm³/mol. The molecule has 16 heavy (non-hydrogen) atoms. The van der Waals surface area contributed by atoms with Gasteiger partial charge < -0.3 is 9.47 Å². The molecule has 96 valence electrons. The second kappa shape index (κ2) is 6.74. The maximum absolute atomic E-state index is 11.9. The molecule has 0 bridgehead atoms. The maximum atomic E-state index is 11.9. The first-order valence-corrected chi connectivity index (χ1v) is 5.88. The molecule has 0 spiro atoms. The maximum Gasteiger partial charge on any atom is 0.412 e. The van der Waals surface area contributed by atoms with Gasteiger partial charge in [-0.1, -0.05) is 13.8 Å². The SMILES string of the molecule is CCCN(C(=O)OC(C)(C)C)C(CC)OC. The minimum Gasteiger partial charge on any atom is -0.444 e. The van der Waals surface area contributed by atoms with Gasteiger partial charge in [0.05, 0.1) is 0 Å². The molecule has 0 fully saturated rings. The number of methoxy groups -OCH3 is 1. The van der Waals surface area contributed by atoms with Gasteiger partial charge >= 0.3 is 6.09 Å². The molecule has 0 aliphatic heterocycles. The quantitative estimate of drug-likeness (QED) is 0.683. The zero-order chi connectivity index (χ0) is 12.8. The Morgan fingerprint density at radius 2 is 1.88 bits per heavy atom. The van der Waals surface area contributed by atoms with Gasteiger partial charge in [0.25, 0.3) is 0 Å². The summed E-state index contributed by atoms with van der Waals surface area (Å²) in [7, 11) is 1.61. The van der Waals surface area contributed by atoms with E-state index in [4.69, 9.17) is 9.47 Å². The van der Waals surface area contributed by atoms with E-state index in [1.807, 2.05) is 34.6 Å². The smallest absolute Gasteiger partial charge is 0.412 e. The van der Waals surface area contributed by atoms with Crippen LogP contribution >= 0.6 is 0 Å². The molecule has 0 rings (SSSR count). The molecule has 0 heterocycles. The number of rotatable bonds is 5. The van der Waals surface area contributed by atoms with Crippen molar-refractivity contribution in [3.8, 4) is 0 Å². The Labute approximate surface area is 98.9 Å². The number of carbonyl (C=O) groups excluding carboxylic acids is 1. The first kappa shape index (κ1) is 15.2. The molecular weight excluding hydrogens is 206 g/mol. The summed E-state index contributed by atoms with van der Waals surface area (Å²) in [5.41, 5.74) is -0.463. The lowest BCUT2D eigenvalue weighted by molar-refractivity contribution is -0.0506. The highest BCUT2D eigenvalue weighted by molar-refractivity contribution is 5.68. The van der Waals surface area contributed by atoms with E-state index in [1.165, 1.54) is 0 Å². The van der Waals surface area contributed by atoms with Crippen molar-refractivity contribution in [3.05, 3.63) is 0 Å². The van der Waals surface area contributed by atoms with Crippen LogP contribution in [0.4, 0.5) is 4.79 Å². The molecule has 0 N–H and O–H groups in total. The molecular formula is C12H25NO3. The van der Waals surface area contributed by atoms with E-state index in [1.54, 1.807) is 12.0 Å². The molecule has 0 aromatic rings. The van der Waals surface area contributed by atoms with Crippen LogP contribution < -0.4 is 0 Å². The van der Waals surface area contributed by atoms with E-state index in [9.17, 15) is 4.79 Å². The van der Waals surface area contributed by atoms with Gasteiger partial charge in [0.2, 0.25) is 0 Å². The van der Waals surface area contributed by atoms with Gasteiger partial charge in [0.15, 0.2) is 0 Å². The van der Waals surface area contributed by atoms with Crippen LogP contribution in [0.25, 0.3) is 0 Å². The zero-order valence-corrected chi connectivity index (χ0v) is 11.4. The van der Waals surface area contributed by atoms with E-state index in [2.05, 4.69) is 0 Å². The first-order valence-electron chi connectivity index (χ1n) is 5.88. The normalized spacial score (nSPS) is 13.4. The van der Waals surface area contributed by atoms with Crippen molar-refractivity contribution in [2.75, 3.05) is 13.7 Å². The molecule has 0 saturated heterocycles. The van der Waals surface area contributed by atoms with Crippen molar-refractivity contribution in [3.63, 3.8) is 0 Å². The Bertz CT molecular complexity index is 207. The molecule has 1 amide bonds. The van der Waals surface area contributed by atoms with Crippen molar-refractivity contribution in [1.29, 1.82) is 0 Å². The molecule has 0 saturated carbocycles. The van der Waals surface area contributed by atoms with Crippen LogP contribution in [0.2, 0.25) is 0 Å². The van der Waals surface area contributed by atoms with E-state index in [0.29, 0.717) is 6.54 Å². The van der Waals surface area contributed by atoms with Gasteiger partial charge in [-0.3, -0.25) is 4.90 Å². The summed E-state index contributed by atoms with van der Waals surface area (Å²) in [6.07, 6.45) is 1.15. The summed E-state index contributed by atoms with van der Waals surface area (Å²) in [6, 6.07) is 0. The highest BCUT2D eigenvalue weighted by atomic mass is 16.6. The van der Waals surface area contributed by atoms with Gasteiger partial charge in [-0.15, -0.1) is 0 Å². The number of hydrogen-bond donors (Lipinski definition) is 0. The van der Waals surface area contributed by atoms with Crippen LogP contribution in [-0.2, 0) is 9.47 Å². The van der Waals surface area contributed by atoms with E-state index in [0.717, 1.165) is 12.8 Å². The average molecular weight is 231 g/mol. The standard InChI is InChI=1S/C12H25NO3/c1-7-9-13(10(8-2)15-6)11(14)16-12(3,4)5/h10H,7-9H2,1-6H3. The molecule has 0 aliphatic carbocycles. The number of amides is 1. The van der Waals surface area contributed by atoms with Gasteiger partial charge in [-0.2, -0.15) is 0 Å². The summed E-state index contributed by atoms with van der Waals surface area (Å²) < 4.78 is 10.6. The van der Waals surface area contributed by atoms with Crippen LogP contribution in [0.15, 0.2) is 0 Å². The lowest BCUT2D eigenvalue weighted by Gasteiger charge is -2.31. The van der Waals surface area contributed by atoms with E-state index in [-0.39, 0.29) is 12.3 Å². The largest absolute Gasteiger partial charge is 0.444 e. The third kappa shape index (κ3) is 5.35. The lowest BCUT2D eigenvalue weighted by atomic mass is 10.2. The van der Waals surface area contributed by atoms with Crippen molar-refractivity contribution >= 4 is 6.09 Å². The highest BCUT2D eigenvalue weighted by Gasteiger charge is 2.26. The van der Waals surface area contributed by atoms with Gasteiger partial charge in [0.1, 0.15) is 11.8 Å². The zero-order valence-electron chi connectivity index (χ0n) is 11.4. The number of hydrogen-bond acceptors (Lipinski definition) is 3. The van der Waals surface area contributed by atoms with Crippen molar-refractivity contribution in [1.82, 2.24) is 4.90 Å². The van der Waals surface area contributed by atoms with Gasteiger partial charge in [-0.25, -0.2) is 4.79 Å². The second-order valence-electron chi connectivity index (χ2n) is 4.77. The van der Waals surface area contributed by atoms with Crippen LogP contribution in [0.1, 0.15) is 47.5 Å². The monoisotopic (exact) mass is 231 g/mol. The molecule has 0 radical (unpaired) electrons. The minimum atomic E-state index is -0.463. The molecule has 4 heteroatoms. The number of nitrogens with zero attached hydrogens (tertiary/aromatic N) is 1. The van der Waals surface area contributed by atoms with Gasteiger partial charge in [0, 0.05) is 13.7 Å². The fourth-order valence-corrected chi connectivity index (χ4v) is 1.43. The fourth-order valence-electron chi connectivity index (χ4n) is 1.43. The molecule has 4 nitrogen and oxygen atoms in total. The Morgan fingerprint density at radius 3 is 2.19 bits per heavy atom. The molecule has 1 atom stereocenters. The Balaban J connectivity index is 4.57. The first-order chi connectivity index (χ1) is 7.35. The Morgan fingerprint density at radius 1 is 1.31 bits per heavy atom. The van der Waals surface area contributed by atoms with Crippen LogP contribution in [-0.4, -0.2) is 36.5 Å². The number of carbonyl (C=O) groups is 1. The number of ether oxygens (including phenoxy) is 2. The molecule has 1 unspecified atom stereocenters. The predicted octanol–water partition coefficient (Wildman–Crippen LogP) is 3.02. The third-order valence-electron chi connectivity index (χ3n) is 2.06. The summed E-state index contributed by atoms with van der Waals surface area (Å²) in [5, 5.41) is 0. The summed E-state index contributed by atoms with van der Waals surface area (Å²) in [6.45, 7) is 10.3. The van der Waals surface area contributed by atoms with Gasteiger partial charge in [-0.05, 0) is 33.6 Å². The van der Waals surface area contributed by atoms with E-state index < -0.39 is 5.60 Å².